The molecule has 2 aromatic carbocycles. The summed E-state index contributed by atoms with van der Waals surface area (Å²) in [6.07, 6.45) is -20.8. The van der Waals surface area contributed by atoms with Gasteiger partial charge in [-0.15, -0.1) is 0 Å². The van der Waals surface area contributed by atoms with Crippen molar-refractivity contribution in [2.75, 3.05) is 0 Å². The summed E-state index contributed by atoms with van der Waals surface area (Å²) >= 11 is 0. The number of phenols is 2. The number of aromatic hydroxyl groups is 2. The molecule has 0 bridgehead atoms. The second-order valence-electron chi connectivity index (χ2n) is 10.0. The van der Waals surface area contributed by atoms with Crippen molar-refractivity contribution in [3.8, 4) is 28.6 Å². The lowest BCUT2D eigenvalue weighted by Crippen LogP contribution is -2.66. The summed E-state index contributed by atoms with van der Waals surface area (Å²) < 4.78 is 27.2. The number of aliphatic carboxylic acids is 2. The van der Waals surface area contributed by atoms with Crippen molar-refractivity contribution < 1.29 is 78.9 Å². The number of ether oxygens (including phenoxy) is 4. The molecule has 0 aliphatic carbocycles. The lowest BCUT2D eigenvalue weighted by atomic mass is 9.97. The number of hydrogen-bond acceptors (Lipinski definition) is 15. The van der Waals surface area contributed by atoms with Crippen LogP contribution in [0.3, 0.4) is 0 Å². The van der Waals surface area contributed by atoms with Crippen molar-refractivity contribution in [1.29, 1.82) is 0 Å². The van der Waals surface area contributed by atoms with Crippen molar-refractivity contribution in [3.63, 3.8) is 0 Å². The molecule has 2 aliphatic heterocycles. The van der Waals surface area contributed by atoms with Gasteiger partial charge in [0.15, 0.2) is 30.0 Å². The van der Waals surface area contributed by atoms with Gasteiger partial charge in [-0.3, -0.25) is 4.79 Å². The maximum atomic E-state index is 12.8. The molecule has 0 amide bonds. The number of fused-ring (bicyclic) bond motifs is 1. The maximum absolute atomic E-state index is 12.8. The zero-order chi connectivity index (χ0) is 32.0. The third-order valence-electron chi connectivity index (χ3n) is 7.08. The van der Waals surface area contributed by atoms with Gasteiger partial charge in [0.25, 0.3) is 0 Å². The molecule has 3 aromatic rings. The minimum atomic E-state index is -2.15. The molecule has 9 N–H and O–H groups in total. The van der Waals surface area contributed by atoms with E-state index in [0.717, 1.165) is 18.2 Å². The van der Waals surface area contributed by atoms with Crippen molar-refractivity contribution in [2.24, 2.45) is 0 Å². The second-order valence-corrected chi connectivity index (χ2v) is 10.0. The van der Waals surface area contributed by atoms with Crippen molar-refractivity contribution in [3.05, 3.63) is 52.7 Å². The zero-order valence-electron chi connectivity index (χ0n) is 22.1. The van der Waals surface area contributed by atoms with Gasteiger partial charge in [-0.2, -0.15) is 0 Å². The fourth-order valence-electron chi connectivity index (χ4n) is 4.81. The minimum absolute atomic E-state index is 0.0378. The number of carboxylic acid groups (broad SMARTS) is 2. The van der Waals surface area contributed by atoms with Crippen LogP contribution in [-0.4, -0.2) is 119 Å². The Labute approximate surface area is 244 Å². The number of aliphatic hydroxyl groups excluding tert-OH is 5. The number of aliphatic hydroxyl groups is 5. The van der Waals surface area contributed by atoms with Crippen LogP contribution in [0.2, 0.25) is 0 Å². The summed E-state index contributed by atoms with van der Waals surface area (Å²) in [6.45, 7) is 0. The predicted octanol–water partition coefficient (Wildman–Crippen LogP) is -1.94. The third kappa shape index (κ3) is 5.77. The topological polar surface area (TPSA) is 283 Å². The highest BCUT2D eigenvalue weighted by molar-refractivity contribution is 5.86. The molecule has 17 heteroatoms. The van der Waals surface area contributed by atoms with E-state index in [0.29, 0.717) is 5.56 Å². The predicted molar refractivity (Wildman–Crippen MR) is 139 cm³/mol. The first-order chi connectivity index (χ1) is 20.8. The van der Waals surface area contributed by atoms with Crippen LogP contribution in [-0.2, 0) is 23.8 Å². The average molecular weight is 622 g/mol. The standard InChI is InChI=1S/C27H26O17/c28-9-3-1-8(2-4-9)13-7-12(30)15-11(29)5-10(6-14(15)41-13)40-27-23(19(34)18(33)22(43-27)25(38)39)44-26-20(35)16(31)17(32)21(42-26)24(36)37/h1-7,16-23,26-29,31-35H,(H,36,37)(H,38,39)/t16?,17-,18-,19?,20-,21?,22?,23-,26-,27+/m0/s1. The number of carboxylic acids is 2. The van der Waals surface area contributed by atoms with E-state index in [1.807, 2.05) is 0 Å². The Morgan fingerprint density at radius 2 is 1.32 bits per heavy atom. The van der Waals surface area contributed by atoms with E-state index in [2.05, 4.69) is 0 Å². The highest BCUT2D eigenvalue weighted by Gasteiger charge is 2.54. The number of phenolic OH excluding ortho intramolecular Hbond substituents is 2. The normalized spacial score (nSPS) is 32.3. The molecule has 5 rings (SSSR count). The number of benzene rings is 2. The molecule has 10 atom stereocenters. The monoisotopic (exact) mass is 622 g/mol. The average Bonchev–Trinajstić information content (AvgIpc) is 2.96. The Balaban J connectivity index is 1.50. The summed E-state index contributed by atoms with van der Waals surface area (Å²) in [4.78, 5) is 36.0. The van der Waals surface area contributed by atoms with Gasteiger partial charge in [0, 0.05) is 23.8 Å². The number of rotatable bonds is 7. The largest absolute Gasteiger partial charge is 0.508 e. The fraction of sp³-hybridized carbons (Fsp3) is 0.370. The van der Waals surface area contributed by atoms with E-state index < -0.39 is 84.5 Å². The molecule has 2 aliphatic rings. The second kappa shape index (κ2) is 12.0. The van der Waals surface area contributed by atoms with Crippen LogP contribution in [0, 0.1) is 0 Å². The SMILES string of the molecule is O=C(O)C1O[C@@H](O[C@H]2C(O)[C@H](O)C(C(=O)O)O[C@H]2Oc2cc(O)c3c(=O)cc(-c4ccc(O)cc4)oc3c2)[C@@H](O)C(O)[C@@H]1O. The molecule has 17 nitrogen and oxygen atoms in total. The molecule has 0 spiro atoms. The van der Waals surface area contributed by atoms with Gasteiger partial charge in [-0.25, -0.2) is 9.59 Å². The first kappa shape index (κ1) is 31.1. The third-order valence-corrected chi connectivity index (χ3v) is 7.08. The van der Waals surface area contributed by atoms with E-state index in [9.17, 15) is 60.3 Å². The van der Waals surface area contributed by atoms with Gasteiger partial charge in [-0.1, -0.05) is 0 Å². The molecule has 44 heavy (non-hydrogen) atoms. The van der Waals surface area contributed by atoms with Crippen LogP contribution in [0.4, 0.5) is 0 Å². The Bertz CT molecular complexity index is 1600. The lowest BCUT2D eigenvalue weighted by molar-refractivity contribution is -0.350. The maximum Gasteiger partial charge on any atom is 0.335 e. The van der Waals surface area contributed by atoms with Crippen LogP contribution < -0.4 is 10.2 Å². The molecule has 0 saturated carbocycles. The van der Waals surface area contributed by atoms with Gasteiger partial charge < -0.3 is 69.3 Å². The first-order valence-electron chi connectivity index (χ1n) is 12.9. The number of carbonyl (C=O) groups is 2. The summed E-state index contributed by atoms with van der Waals surface area (Å²) in [5.74, 6) is -4.45. The summed E-state index contributed by atoms with van der Waals surface area (Å²) in [7, 11) is 0. The Morgan fingerprint density at radius 3 is 1.93 bits per heavy atom. The minimum Gasteiger partial charge on any atom is -0.508 e. The molecule has 3 heterocycles. The molecule has 2 saturated heterocycles. The lowest BCUT2D eigenvalue weighted by Gasteiger charge is -2.44. The van der Waals surface area contributed by atoms with Crippen LogP contribution in [0.25, 0.3) is 22.3 Å². The molecule has 2 fully saturated rings. The van der Waals surface area contributed by atoms with Crippen molar-refractivity contribution in [1.82, 2.24) is 0 Å². The van der Waals surface area contributed by atoms with Gasteiger partial charge in [0.2, 0.25) is 6.29 Å². The molecule has 236 valence electrons. The van der Waals surface area contributed by atoms with Gasteiger partial charge >= 0.3 is 11.9 Å². The first-order valence-corrected chi connectivity index (χ1v) is 12.9. The summed E-state index contributed by atoms with van der Waals surface area (Å²) in [5, 5.41) is 90.3. The highest BCUT2D eigenvalue weighted by Crippen LogP contribution is 2.35. The number of hydrogen-bond donors (Lipinski definition) is 9. The van der Waals surface area contributed by atoms with Crippen LogP contribution in [0.15, 0.2) is 51.7 Å². The van der Waals surface area contributed by atoms with E-state index >= 15 is 0 Å². The molecule has 4 unspecified atom stereocenters. The highest BCUT2D eigenvalue weighted by atomic mass is 16.8. The zero-order valence-corrected chi connectivity index (χ0v) is 22.1. The van der Waals surface area contributed by atoms with Crippen molar-refractivity contribution in [2.45, 2.75) is 61.4 Å². The molecular formula is C27H26O17. The summed E-state index contributed by atoms with van der Waals surface area (Å²) in [5.41, 5.74) is -0.488. The van der Waals surface area contributed by atoms with Gasteiger partial charge in [0.1, 0.15) is 64.5 Å². The smallest absolute Gasteiger partial charge is 0.335 e. The Hall–Kier alpha value is -4.33. The van der Waals surface area contributed by atoms with Crippen LogP contribution >= 0.6 is 0 Å². The van der Waals surface area contributed by atoms with E-state index in [-0.39, 0.29) is 28.2 Å². The summed E-state index contributed by atoms with van der Waals surface area (Å²) in [6, 6.07) is 8.76. The quantitative estimate of drug-likeness (QED) is 0.138. The van der Waals surface area contributed by atoms with Gasteiger partial charge in [-0.05, 0) is 24.3 Å². The Morgan fingerprint density at radius 1 is 0.727 bits per heavy atom. The van der Waals surface area contributed by atoms with E-state index in [1.165, 1.54) is 24.3 Å². The van der Waals surface area contributed by atoms with E-state index in [4.69, 9.17) is 23.4 Å². The molecular weight excluding hydrogens is 596 g/mol. The van der Waals surface area contributed by atoms with E-state index in [1.54, 1.807) is 0 Å². The Kier molecular flexibility index (Phi) is 8.47. The van der Waals surface area contributed by atoms with Crippen LogP contribution in [0.5, 0.6) is 17.2 Å². The fourth-order valence-corrected chi connectivity index (χ4v) is 4.81. The molecule has 1 aromatic heterocycles. The molecule has 0 radical (unpaired) electrons. The van der Waals surface area contributed by atoms with Crippen LogP contribution in [0.1, 0.15) is 0 Å². The van der Waals surface area contributed by atoms with Gasteiger partial charge in [0.05, 0.1) is 0 Å². The van der Waals surface area contributed by atoms with Crippen molar-refractivity contribution >= 4 is 22.9 Å².